The highest BCUT2D eigenvalue weighted by Gasteiger charge is 2.19. The minimum Gasteiger partial charge on any atom is -0.377 e. The summed E-state index contributed by atoms with van der Waals surface area (Å²) in [4.78, 5) is 32.4. The third-order valence-electron chi connectivity index (χ3n) is 11.1. The van der Waals surface area contributed by atoms with Crippen LogP contribution in [0, 0.1) is 0 Å². The van der Waals surface area contributed by atoms with Crippen molar-refractivity contribution in [2.45, 2.75) is 25.7 Å². The van der Waals surface area contributed by atoms with E-state index in [-0.39, 0.29) is 0 Å². The normalized spacial score (nSPS) is 12.0. The van der Waals surface area contributed by atoms with E-state index < -0.39 is 0 Å². The van der Waals surface area contributed by atoms with Gasteiger partial charge in [0.1, 0.15) is 5.82 Å². The van der Waals surface area contributed by atoms with Gasteiger partial charge in [0, 0.05) is 83.9 Å². The number of fused-ring (bicyclic) bond motifs is 8. The lowest BCUT2D eigenvalue weighted by molar-refractivity contribution is 0.160. The summed E-state index contributed by atoms with van der Waals surface area (Å²) >= 11 is 0. The molecule has 2 aliphatic heterocycles. The topological polar surface area (TPSA) is 119 Å². The Balaban J connectivity index is 1.24. The summed E-state index contributed by atoms with van der Waals surface area (Å²) < 4.78 is 13.7. The highest BCUT2D eigenvalue weighted by molar-refractivity contribution is 5.94. The van der Waals surface area contributed by atoms with Crippen molar-refractivity contribution in [2.24, 2.45) is 7.05 Å². The first kappa shape index (κ1) is 40.2. The Morgan fingerprint density at radius 2 is 1.13 bits per heavy atom. The molecule has 1 aromatic carbocycles. The number of benzene rings is 1. The molecule has 0 saturated carbocycles. The SMILES string of the molecule is C=CCOCCCc1c2nc(c(-c3nccn3C)c3ccc([nH]3)c(CCCOCC=C)c3nc(c(-c4ccc(-c5ccc(-c6ccccn6)nc5)cc4)c4ccc1[nH]4)C=C3)C=C2. The molecule has 0 saturated heterocycles. The molecule has 0 spiro atoms. The van der Waals surface area contributed by atoms with Gasteiger partial charge in [-0.25, -0.2) is 15.0 Å². The standard InChI is InChI=1S/C52H48N8O2/c1-4-30-61-32-8-10-38-40-19-23-46(56-40)50(36-15-13-35(14-16-36)37-17-18-45(55-34-37)44-12-6-7-27-53-44)47-24-20-41(57-47)39(11-9-33-62-31-5-2)43-22-26-49(59-43)51(48-25-21-42(38)58-48)52-54-28-29-60(52)3/h4-7,12-29,34,56,59H,1-2,8-11,30-33H2,3H3. The number of hydrogen-bond donors (Lipinski definition) is 2. The number of aryl methyl sites for hydroxylation is 3. The zero-order valence-electron chi connectivity index (χ0n) is 34.8. The van der Waals surface area contributed by atoms with Crippen molar-refractivity contribution in [3.05, 3.63) is 163 Å². The van der Waals surface area contributed by atoms with Gasteiger partial charge in [-0.2, -0.15) is 0 Å². The number of aromatic nitrogens is 8. The van der Waals surface area contributed by atoms with Crippen LogP contribution in [-0.4, -0.2) is 65.9 Å². The monoisotopic (exact) mass is 816 g/mol. The fourth-order valence-corrected chi connectivity index (χ4v) is 8.09. The molecular weight excluding hydrogens is 769 g/mol. The lowest BCUT2D eigenvalue weighted by Crippen LogP contribution is -1.99. The molecule has 62 heavy (non-hydrogen) atoms. The zero-order valence-corrected chi connectivity index (χ0v) is 34.8. The first-order chi connectivity index (χ1) is 30.6. The number of ether oxygens (including phenoxy) is 2. The highest BCUT2D eigenvalue weighted by Crippen LogP contribution is 2.35. The maximum absolute atomic E-state index is 5.83. The summed E-state index contributed by atoms with van der Waals surface area (Å²) in [6.07, 6.45) is 22.7. The molecule has 10 heteroatoms. The first-order valence-corrected chi connectivity index (χ1v) is 21.0. The van der Waals surface area contributed by atoms with Gasteiger partial charge < -0.3 is 24.0 Å². The fraction of sp³-hybridized carbons (Fsp3) is 0.173. The van der Waals surface area contributed by atoms with Crippen LogP contribution in [0.15, 0.2) is 129 Å². The van der Waals surface area contributed by atoms with Gasteiger partial charge in [-0.3, -0.25) is 9.97 Å². The maximum Gasteiger partial charge on any atom is 0.143 e. The van der Waals surface area contributed by atoms with Gasteiger partial charge in [0.2, 0.25) is 0 Å². The summed E-state index contributed by atoms with van der Waals surface area (Å²) in [5.74, 6) is 0.821. The van der Waals surface area contributed by atoms with Crippen molar-refractivity contribution in [2.75, 3.05) is 26.4 Å². The van der Waals surface area contributed by atoms with E-state index in [0.29, 0.717) is 26.4 Å². The molecule has 0 aliphatic carbocycles. The number of rotatable bonds is 16. The predicted molar refractivity (Wildman–Crippen MR) is 252 cm³/mol. The van der Waals surface area contributed by atoms with Crippen LogP contribution >= 0.6 is 0 Å². The number of H-pyrrole nitrogens is 2. The minimum absolute atomic E-state index is 0.516. The van der Waals surface area contributed by atoms with Crippen LogP contribution in [0.2, 0.25) is 0 Å². The van der Waals surface area contributed by atoms with Crippen molar-refractivity contribution in [1.29, 1.82) is 0 Å². The maximum atomic E-state index is 5.83. The second-order valence-electron chi connectivity index (χ2n) is 15.2. The molecule has 2 N–H and O–H groups in total. The van der Waals surface area contributed by atoms with Gasteiger partial charge in [-0.15, -0.1) is 13.2 Å². The summed E-state index contributed by atoms with van der Waals surface area (Å²) in [5, 5.41) is 0. The van der Waals surface area contributed by atoms with E-state index in [9.17, 15) is 0 Å². The van der Waals surface area contributed by atoms with E-state index in [0.717, 1.165) is 127 Å². The molecule has 7 aromatic rings. The number of pyridine rings is 2. The summed E-state index contributed by atoms with van der Waals surface area (Å²) in [6, 6.07) is 27.2. The quantitative estimate of drug-likeness (QED) is 0.0736. The van der Waals surface area contributed by atoms with E-state index in [1.807, 2.05) is 54.5 Å². The van der Waals surface area contributed by atoms with E-state index in [1.54, 1.807) is 18.3 Å². The Labute approximate surface area is 361 Å². The molecule has 308 valence electrons. The van der Waals surface area contributed by atoms with Crippen molar-refractivity contribution < 1.29 is 9.47 Å². The summed E-state index contributed by atoms with van der Waals surface area (Å²) in [6.45, 7) is 9.87. The van der Waals surface area contributed by atoms with Crippen LogP contribution in [0.5, 0.6) is 0 Å². The van der Waals surface area contributed by atoms with Gasteiger partial charge in [0.05, 0.1) is 58.5 Å². The minimum atomic E-state index is 0.516. The van der Waals surface area contributed by atoms with Crippen LogP contribution in [0.4, 0.5) is 0 Å². The average molecular weight is 817 g/mol. The van der Waals surface area contributed by atoms with E-state index in [1.165, 1.54) is 0 Å². The number of imidazole rings is 1. The van der Waals surface area contributed by atoms with Gasteiger partial charge in [0.15, 0.2) is 0 Å². The van der Waals surface area contributed by atoms with Crippen molar-refractivity contribution in [3.63, 3.8) is 0 Å². The second-order valence-corrected chi connectivity index (χ2v) is 15.2. The Morgan fingerprint density at radius 1 is 0.565 bits per heavy atom. The second kappa shape index (κ2) is 18.6. The number of hydrogen-bond acceptors (Lipinski definition) is 7. The van der Waals surface area contributed by atoms with Crippen LogP contribution < -0.4 is 0 Å². The van der Waals surface area contributed by atoms with Gasteiger partial charge in [-0.05, 0) is 104 Å². The third-order valence-corrected chi connectivity index (χ3v) is 11.1. The molecule has 9 rings (SSSR count). The van der Waals surface area contributed by atoms with E-state index in [4.69, 9.17) is 29.4 Å². The molecule has 8 heterocycles. The summed E-state index contributed by atoms with van der Waals surface area (Å²) in [5.41, 5.74) is 16.3. The molecule has 6 aromatic heterocycles. The molecule has 0 radical (unpaired) electrons. The predicted octanol–water partition coefficient (Wildman–Crippen LogP) is 11.1. The van der Waals surface area contributed by atoms with Gasteiger partial charge in [-0.1, -0.05) is 48.6 Å². The van der Waals surface area contributed by atoms with Crippen molar-refractivity contribution >= 4 is 46.4 Å². The van der Waals surface area contributed by atoms with Gasteiger partial charge >= 0.3 is 0 Å². The molecule has 0 atom stereocenters. The fourth-order valence-electron chi connectivity index (χ4n) is 8.09. The Morgan fingerprint density at radius 3 is 1.69 bits per heavy atom. The number of nitrogens with one attached hydrogen (secondary N) is 2. The third kappa shape index (κ3) is 8.51. The molecule has 8 bridgehead atoms. The summed E-state index contributed by atoms with van der Waals surface area (Å²) in [7, 11) is 2.01. The van der Waals surface area contributed by atoms with Crippen molar-refractivity contribution in [3.8, 4) is 45.0 Å². The Bertz CT molecular complexity index is 2940. The first-order valence-electron chi connectivity index (χ1n) is 21.0. The lowest BCUT2D eigenvalue weighted by Gasteiger charge is -2.08. The van der Waals surface area contributed by atoms with Crippen LogP contribution in [0.25, 0.3) is 91.4 Å². The zero-order chi connectivity index (χ0) is 42.3. The van der Waals surface area contributed by atoms with Crippen LogP contribution in [-0.2, 0) is 29.4 Å². The average Bonchev–Trinajstić information content (AvgIpc) is 4.18. The lowest BCUT2D eigenvalue weighted by atomic mass is 9.99. The molecule has 0 amide bonds. The Hall–Kier alpha value is -7.27. The van der Waals surface area contributed by atoms with Crippen LogP contribution in [0.1, 0.15) is 46.7 Å². The van der Waals surface area contributed by atoms with Crippen LogP contribution in [0.3, 0.4) is 0 Å². The molecule has 0 fully saturated rings. The largest absolute Gasteiger partial charge is 0.377 e. The highest BCUT2D eigenvalue weighted by atomic mass is 16.5. The molecule has 10 nitrogen and oxygen atoms in total. The molecule has 0 unspecified atom stereocenters. The number of aromatic amines is 2. The molecular formula is C52H48N8O2. The van der Waals surface area contributed by atoms with Gasteiger partial charge in [0.25, 0.3) is 0 Å². The van der Waals surface area contributed by atoms with E-state index >= 15 is 0 Å². The molecule has 2 aliphatic rings. The smallest absolute Gasteiger partial charge is 0.143 e. The number of nitrogens with zero attached hydrogens (tertiary/aromatic N) is 6. The van der Waals surface area contributed by atoms with Crippen molar-refractivity contribution in [1.82, 2.24) is 39.5 Å². The van der Waals surface area contributed by atoms with E-state index in [2.05, 4.69) is 107 Å². The Kier molecular flexibility index (Phi) is 12.0.